The number of benzene rings is 1. The monoisotopic (exact) mass is 292 g/mol. The first kappa shape index (κ1) is 11.7. The molecule has 0 unspecified atom stereocenters. The average Bonchev–Trinajstić information content (AvgIpc) is 2.39. The number of nitrogens with zero attached hydrogens (tertiary/aromatic N) is 2. The topological polar surface area (TPSA) is 52.1 Å². The van der Waals surface area contributed by atoms with Gasteiger partial charge in [-0.3, -0.25) is 0 Å². The van der Waals surface area contributed by atoms with Crippen molar-refractivity contribution in [3.8, 4) is 11.3 Å². The number of carbonyl (C=O) groups is 1. The van der Waals surface area contributed by atoms with Crippen LogP contribution < -0.4 is 0 Å². The molecule has 0 aliphatic rings. The largest absolute Gasteiger partial charge is 0.463 e. The summed E-state index contributed by atoms with van der Waals surface area (Å²) in [6, 6.07) is 9.39. The maximum absolute atomic E-state index is 11.3. The third kappa shape index (κ3) is 2.68. The fourth-order valence-electron chi connectivity index (χ4n) is 1.33. The minimum Gasteiger partial charge on any atom is -0.463 e. The molecule has 1 heterocycles. The second kappa shape index (κ2) is 5.05. The van der Waals surface area contributed by atoms with E-state index in [4.69, 9.17) is 0 Å². The summed E-state index contributed by atoms with van der Waals surface area (Å²) in [5, 5.41) is 0. The molecular weight excluding hydrogens is 284 g/mol. The maximum atomic E-state index is 11.3. The Labute approximate surface area is 107 Å². The van der Waals surface area contributed by atoms with Crippen LogP contribution in [0.1, 0.15) is 10.6 Å². The van der Waals surface area contributed by atoms with Crippen LogP contribution in [-0.4, -0.2) is 23.0 Å². The van der Waals surface area contributed by atoms with E-state index in [9.17, 15) is 4.79 Å². The lowest BCUT2D eigenvalue weighted by atomic mass is 10.1. The normalized spacial score (nSPS) is 10.0. The van der Waals surface area contributed by atoms with Gasteiger partial charge in [-0.1, -0.05) is 28.1 Å². The van der Waals surface area contributed by atoms with Crippen molar-refractivity contribution in [2.24, 2.45) is 0 Å². The first-order valence-electron chi connectivity index (χ1n) is 4.88. The zero-order valence-corrected chi connectivity index (χ0v) is 10.6. The van der Waals surface area contributed by atoms with Crippen LogP contribution in [0.5, 0.6) is 0 Å². The summed E-state index contributed by atoms with van der Waals surface area (Å²) < 4.78 is 5.56. The Morgan fingerprint density at radius 1 is 1.24 bits per heavy atom. The average molecular weight is 293 g/mol. The molecule has 5 heteroatoms. The molecule has 0 saturated carbocycles. The summed E-state index contributed by atoms with van der Waals surface area (Å²) in [6.45, 7) is 0. The Hall–Kier alpha value is -1.75. The van der Waals surface area contributed by atoms with E-state index in [0.29, 0.717) is 5.69 Å². The number of methoxy groups -OCH3 is 1. The van der Waals surface area contributed by atoms with Gasteiger partial charge in [0.25, 0.3) is 0 Å². The second-order valence-corrected chi connectivity index (χ2v) is 4.18. The maximum Gasteiger partial charge on any atom is 0.376 e. The molecule has 0 fully saturated rings. The quantitative estimate of drug-likeness (QED) is 0.799. The summed E-state index contributed by atoms with van der Waals surface area (Å²) in [5.41, 5.74) is 1.61. The Bertz CT molecular complexity index is 540. The molecule has 0 atom stereocenters. The highest BCUT2D eigenvalue weighted by molar-refractivity contribution is 9.10. The number of aromatic nitrogens is 2. The van der Waals surface area contributed by atoms with Crippen LogP contribution in [0, 0.1) is 0 Å². The smallest absolute Gasteiger partial charge is 0.376 e. The predicted octanol–water partition coefficient (Wildman–Crippen LogP) is 2.69. The number of halogens is 1. The Kier molecular flexibility index (Phi) is 3.49. The molecule has 86 valence electrons. The van der Waals surface area contributed by atoms with Crippen molar-refractivity contribution >= 4 is 21.9 Å². The van der Waals surface area contributed by atoms with Gasteiger partial charge in [0.15, 0.2) is 0 Å². The van der Waals surface area contributed by atoms with E-state index in [1.54, 1.807) is 6.07 Å². The molecular formula is C12H9BrN2O2. The fourth-order valence-corrected chi connectivity index (χ4v) is 1.59. The van der Waals surface area contributed by atoms with Crippen molar-refractivity contribution in [1.29, 1.82) is 0 Å². The molecule has 0 saturated heterocycles. The molecule has 1 aromatic heterocycles. The van der Waals surface area contributed by atoms with Crippen LogP contribution in [0.2, 0.25) is 0 Å². The first-order chi connectivity index (χ1) is 8.20. The molecule has 0 radical (unpaired) electrons. The van der Waals surface area contributed by atoms with E-state index in [0.717, 1.165) is 10.0 Å². The number of esters is 1. The molecule has 0 aliphatic heterocycles. The number of ether oxygens (including phenoxy) is 1. The van der Waals surface area contributed by atoms with Gasteiger partial charge in [0.1, 0.15) is 0 Å². The van der Waals surface area contributed by atoms with Gasteiger partial charge in [-0.15, -0.1) is 0 Å². The number of hydrogen-bond acceptors (Lipinski definition) is 4. The van der Waals surface area contributed by atoms with Crippen molar-refractivity contribution in [3.63, 3.8) is 0 Å². The predicted molar refractivity (Wildman–Crippen MR) is 66.5 cm³/mol. The van der Waals surface area contributed by atoms with E-state index in [1.165, 1.54) is 13.3 Å². The van der Waals surface area contributed by atoms with Gasteiger partial charge < -0.3 is 4.74 Å². The molecule has 0 aliphatic carbocycles. The molecule has 4 nitrogen and oxygen atoms in total. The Morgan fingerprint density at radius 2 is 1.94 bits per heavy atom. The van der Waals surface area contributed by atoms with Gasteiger partial charge in [-0.05, 0) is 18.2 Å². The lowest BCUT2D eigenvalue weighted by molar-refractivity contribution is 0.0587. The summed E-state index contributed by atoms with van der Waals surface area (Å²) >= 11 is 3.36. The molecule has 2 rings (SSSR count). The molecule has 1 aromatic carbocycles. The van der Waals surface area contributed by atoms with Crippen LogP contribution in [0.3, 0.4) is 0 Å². The minimum atomic E-state index is -0.538. The lowest BCUT2D eigenvalue weighted by Crippen LogP contribution is -2.07. The van der Waals surface area contributed by atoms with Gasteiger partial charge in [0, 0.05) is 16.2 Å². The number of hydrogen-bond donors (Lipinski definition) is 0. The van der Waals surface area contributed by atoms with Gasteiger partial charge in [0.2, 0.25) is 5.82 Å². The SMILES string of the molecule is COC(=O)c1nccc(-c2ccc(Br)cc2)n1. The van der Waals surface area contributed by atoms with Crippen molar-refractivity contribution in [1.82, 2.24) is 9.97 Å². The van der Waals surface area contributed by atoms with Crippen molar-refractivity contribution < 1.29 is 9.53 Å². The van der Waals surface area contributed by atoms with Crippen LogP contribution in [0.4, 0.5) is 0 Å². The van der Waals surface area contributed by atoms with Crippen molar-refractivity contribution in [2.75, 3.05) is 7.11 Å². The van der Waals surface area contributed by atoms with Crippen LogP contribution in [0.15, 0.2) is 41.0 Å². The summed E-state index contributed by atoms with van der Waals surface area (Å²) in [4.78, 5) is 19.3. The molecule has 2 aromatic rings. The number of rotatable bonds is 2. The summed E-state index contributed by atoms with van der Waals surface area (Å²) in [5.74, 6) is -0.475. The molecule has 0 spiro atoms. The zero-order chi connectivity index (χ0) is 12.3. The van der Waals surface area contributed by atoms with Crippen molar-refractivity contribution in [3.05, 3.63) is 46.8 Å². The third-order valence-electron chi connectivity index (χ3n) is 2.16. The highest BCUT2D eigenvalue weighted by atomic mass is 79.9. The first-order valence-corrected chi connectivity index (χ1v) is 5.67. The van der Waals surface area contributed by atoms with Crippen molar-refractivity contribution in [2.45, 2.75) is 0 Å². The second-order valence-electron chi connectivity index (χ2n) is 3.26. The molecule has 17 heavy (non-hydrogen) atoms. The fraction of sp³-hybridized carbons (Fsp3) is 0.0833. The van der Waals surface area contributed by atoms with E-state index in [2.05, 4.69) is 30.6 Å². The Morgan fingerprint density at radius 3 is 2.59 bits per heavy atom. The lowest BCUT2D eigenvalue weighted by Gasteiger charge is -2.02. The van der Waals surface area contributed by atoms with E-state index in [-0.39, 0.29) is 5.82 Å². The van der Waals surface area contributed by atoms with E-state index in [1.807, 2.05) is 24.3 Å². The van der Waals surface area contributed by atoms with Gasteiger partial charge >= 0.3 is 5.97 Å². The van der Waals surface area contributed by atoms with Gasteiger partial charge in [-0.25, -0.2) is 14.8 Å². The zero-order valence-electron chi connectivity index (χ0n) is 9.05. The Balaban J connectivity index is 2.39. The highest BCUT2D eigenvalue weighted by Gasteiger charge is 2.10. The highest BCUT2D eigenvalue weighted by Crippen LogP contribution is 2.19. The molecule has 0 N–H and O–H groups in total. The standard InChI is InChI=1S/C12H9BrN2O2/c1-17-12(16)11-14-7-6-10(15-11)8-2-4-9(13)5-3-8/h2-7H,1H3. The van der Waals surface area contributed by atoms with Crippen LogP contribution in [-0.2, 0) is 4.74 Å². The number of carbonyl (C=O) groups excluding carboxylic acids is 1. The summed E-state index contributed by atoms with van der Waals surface area (Å²) in [7, 11) is 1.30. The molecule has 0 bridgehead atoms. The van der Waals surface area contributed by atoms with Crippen LogP contribution in [0.25, 0.3) is 11.3 Å². The third-order valence-corrected chi connectivity index (χ3v) is 2.69. The van der Waals surface area contributed by atoms with Gasteiger partial charge in [0.05, 0.1) is 12.8 Å². The van der Waals surface area contributed by atoms with E-state index < -0.39 is 5.97 Å². The van der Waals surface area contributed by atoms with Gasteiger partial charge in [-0.2, -0.15) is 0 Å². The minimum absolute atomic E-state index is 0.0629. The van der Waals surface area contributed by atoms with Crippen LogP contribution >= 0.6 is 15.9 Å². The molecule has 0 amide bonds. The van der Waals surface area contributed by atoms with E-state index >= 15 is 0 Å². The summed E-state index contributed by atoms with van der Waals surface area (Å²) in [6.07, 6.45) is 1.54.